The van der Waals surface area contributed by atoms with E-state index in [1.165, 1.54) is 10.4 Å². The molecule has 1 aliphatic heterocycles. The zero-order valence-corrected chi connectivity index (χ0v) is 17.3. The Kier molecular flexibility index (Phi) is 6.04. The maximum atomic E-state index is 13.0. The Morgan fingerprint density at radius 1 is 1.21 bits per heavy atom. The summed E-state index contributed by atoms with van der Waals surface area (Å²) in [7, 11) is -3.67. The molecule has 0 spiro atoms. The van der Waals surface area contributed by atoms with E-state index in [1.807, 2.05) is 19.9 Å². The number of ether oxygens (including phenoxy) is 1. The SMILES string of the molecule is CCOc1ccc(NC(=O)Cn2nc(C)cc2C)cc1S(=O)(=O)N1CCCC1. The highest BCUT2D eigenvalue weighted by molar-refractivity contribution is 7.89. The molecular weight excluding hydrogens is 380 g/mol. The minimum atomic E-state index is -3.67. The minimum absolute atomic E-state index is 0.0566. The number of rotatable bonds is 7. The van der Waals surface area contributed by atoms with Gasteiger partial charge in [-0.1, -0.05) is 0 Å². The van der Waals surface area contributed by atoms with Crippen LogP contribution in [0.15, 0.2) is 29.2 Å². The number of carbonyl (C=O) groups excluding carboxylic acids is 1. The van der Waals surface area contributed by atoms with Crippen LogP contribution in [0.4, 0.5) is 5.69 Å². The Bertz CT molecular complexity index is 962. The van der Waals surface area contributed by atoms with Gasteiger partial charge in [-0.25, -0.2) is 8.42 Å². The standard InChI is InChI=1S/C19H26N4O4S/c1-4-27-17-8-7-16(12-18(17)28(25,26)22-9-5-6-10-22)20-19(24)13-23-15(3)11-14(2)21-23/h7-8,11-12H,4-6,9-10,13H2,1-3H3,(H,20,24). The molecule has 152 valence electrons. The number of amides is 1. The molecule has 3 rings (SSSR count). The van der Waals surface area contributed by atoms with Crippen molar-refractivity contribution in [3.05, 3.63) is 35.7 Å². The lowest BCUT2D eigenvalue weighted by molar-refractivity contribution is -0.116. The minimum Gasteiger partial charge on any atom is -0.492 e. The first-order valence-corrected chi connectivity index (χ1v) is 10.8. The van der Waals surface area contributed by atoms with Gasteiger partial charge in [0.15, 0.2) is 0 Å². The van der Waals surface area contributed by atoms with Gasteiger partial charge in [-0.05, 0) is 57.9 Å². The van der Waals surface area contributed by atoms with Crippen LogP contribution in [0.1, 0.15) is 31.2 Å². The molecule has 8 nitrogen and oxygen atoms in total. The van der Waals surface area contributed by atoms with Crippen molar-refractivity contribution in [2.75, 3.05) is 25.0 Å². The van der Waals surface area contributed by atoms with Crippen LogP contribution in [-0.4, -0.2) is 48.1 Å². The molecule has 1 aromatic carbocycles. The molecule has 28 heavy (non-hydrogen) atoms. The Balaban J connectivity index is 1.84. The van der Waals surface area contributed by atoms with Gasteiger partial charge in [-0.15, -0.1) is 0 Å². The van der Waals surface area contributed by atoms with Crippen LogP contribution in [0.2, 0.25) is 0 Å². The number of hydrogen-bond donors (Lipinski definition) is 1. The second-order valence-electron chi connectivity index (χ2n) is 6.84. The van der Waals surface area contributed by atoms with E-state index in [0.29, 0.717) is 31.1 Å². The second-order valence-corrected chi connectivity index (χ2v) is 8.75. The van der Waals surface area contributed by atoms with Crippen molar-refractivity contribution in [2.45, 2.75) is 45.1 Å². The third-order valence-corrected chi connectivity index (χ3v) is 6.53. The lowest BCUT2D eigenvalue weighted by Crippen LogP contribution is -2.28. The van der Waals surface area contributed by atoms with Gasteiger partial charge in [0.1, 0.15) is 17.2 Å². The van der Waals surface area contributed by atoms with E-state index in [0.717, 1.165) is 24.2 Å². The van der Waals surface area contributed by atoms with Crippen molar-refractivity contribution in [3.63, 3.8) is 0 Å². The fourth-order valence-electron chi connectivity index (χ4n) is 3.30. The number of aryl methyl sites for hydroxylation is 2. The number of benzene rings is 1. The largest absolute Gasteiger partial charge is 0.492 e. The van der Waals surface area contributed by atoms with Gasteiger partial charge in [0.25, 0.3) is 0 Å². The van der Waals surface area contributed by atoms with Crippen molar-refractivity contribution in [1.29, 1.82) is 0 Å². The first kappa shape index (κ1) is 20.3. The highest BCUT2D eigenvalue weighted by Crippen LogP contribution is 2.31. The molecule has 0 saturated carbocycles. The lowest BCUT2D eigenvalue weighted by atomic mass is 10.3. The molecule has 1 amide bonds. The maximum Gasteiger partial charge on any atom is 0.246 e. The Hall–Kier alpha value is -2.39. The van der Waals surface area contributed by atoms with Gasteiger partial charge in [-0.2, -0.15) is 9.40 Å². The summed E-state index contributed by atoms with van der Waals surface area (Å²) in [6, 6.07) is 6.60. The second kappa shape index (κ2) is 8.32. The smallest absolute Gasteiger partial charge is 0.246 e. The van der Waals surface area contributed by atoms with E-state index in [-0.39, 0.29) is 17.3 Å². The van der Waals surface area contributed by atoms with E-state index in [4.69, 9.17) is 4.74 Å². The molecule has 0 unspecified atom stereocenters. The van der Waals surface area contributed by atoms with E-state index < -0.39 is 10.0 Å². The van der Waals surface area contributed by atoms with Crippen LogP contribution in [0.3, 0.4) is 0 Å². The van der Waals surface area contributed by atoms with Gasteiger partial charge in [0, 0.05) is 24.5 Å². The zero-order chi connectivity index (χ0) is 20.3. The van der Waals surface area contributed by atoms with E-state index >= 15 is 0 Å². The fraction of sp³-hybridized carbons (Fsp3) is 0.474. The lowest BCUT2D eigenvalue weighted by Gasteiger charge is -2.19. The van der Waals surface area contributed by atoms with E-state index in [1.54, 1.807) is 23.7 Å². The van der Waals surface area contributed by atoms with Crippen LogP contribution < -0.4 is 10.1 Å². The molecule has 0 bridgehead atoms. The molecule has 0 atom stereocenters. The predicted molar refractivity (Wildman–Crippen MR) is 106 cm³/mol. The molecule has 1 saturated heterocycles. The molecule has 1 aliphatic rings. The van der Waals surface area contributed by atoms with Crippen molar-refractivity contribution < 1.29 is 17.9 Å². The highest BCUT2D eigenvalue weighted by Gasteiger charge is 2.30. The van der Waals surface area contributed by atoms with Crippen molar-refractivity contribution in [3.8, 4) is 5.75 Å². The predicted octanol–water partition coefficient (Wildman–Crippen LogP) is 2.32. The van der Waals surface area contributed by atoms with Crippen LogP contribution in [0, 0.1) is 13.8 Å². The normalized spacial score (nSPS) is 15.0. The zero-order valence-electron chi connectivity index (χ0n) is 16.4. The summed E-state index contributed by atoms with van der Waals surface area (Å²) in [5.74, 6) is 0.0193. The van der Waals surface area contributed by atoms with Crippen molar-refractivity contribution >= 4 is 21.6 Å². The molecular formula is C19H26N4O4S. The molecule has 9 heteroatoms. The third-order valence-electron chi connectivity index (χ3n) is 4.61. The molecule has 0 radical (unpaired) electrons. The number of aromatic nitrogens is 2. The average Bonchev–Trinajstić information content (AvgIpc) is 3.27. The summed E-state index contributed by atoms with van der Waals surface area (Å²) < 4.78 is 34.7. The number of nitrogens with one attached hydrogen (secondary N) is 1. The van der Waals surface area contributed by atoms with Crippen LogP contribution >= 0.6 is 0 Å². The Morgan fingerprint density at radius 3 is 2.54 bits per heavy atom. The number of nitrogens with zero attached hydrogens (tertiary/aromatic N) is 3. The van der Waals surface area contributed by atoms with Crippen LogP contribution in [0.25, 0.3) is 0 Å². The molecule has 1 fully saturated rings. The van der Waals surface area contributed by atoms with E-state index in [9.17, 15) is 13.2 Å². The molecule has 2 heterocycles. The van der Waals surface area contributed by atoms with Crippen molar-refractivity contribution in [2.24, 2.45) is 0 Å². The summed E-state index contributed by atoms with van der Waals surface area (Å²) >= 11 is 0. The number of anilines is 1. The summed E-state index contributed by atoms with van der Waals surface area (Å²) in [6.45, 7) is 6.96. The summed E-state index contributed by atoms with van der Waals surface area (Å²) in [5, 5.41) is 7.03. The molecule has 2 aromatic rings. The Morgan fingerprint density at radius 2 is 1.93 bits per heavy atom. The monoisotopic (exact) mass is 406 g/mol. The first-order chi connectivity index (χ1) is 13.3. The number of hydrogen-bond acceptors (Lipinski definition) is 5. The quantitative estimate of drug-likeness (QED) is 0.762. The van der Waals surface area contributed by atoms with Gasteiger partial charge < -0.3 is 10.1 Å². The average molecular weight is 407 g/mol. The summed E-state index contributed by atoms with van der Waals surface area (Å²) in [6.07, 6.45) is 1.70. The first-order valence-electron chi connectivity index (χ1n) is 9.39. The number of carbonyl (C=O) groups is 1. The van der Waals surface area contributed by atoms with Gasteiger partial charge in [-0.3, -0.25) is 9.48 Å². The van der Waals surface area contributed by atoms with E-state index in [2.05, 4.69) is 10.4 Å². The van der Waals surface area contributed by atoms with Crippen LogP contribution in [-0.2, 0) is 21.4 Å². The van der Waals surface area contributed by atoms with Crippen LogP contribution in [0.5, 0.6) is 5.75 Å². The van der Waals surface area contributed by atoms with Gasteiger partial charge in [0.05, 0.1) is 12.3 Å². The maximum absolute atomic E-state index is 13.0. The number of sulfonamides is 1. The summed E-state index contributed by atoms with van der Waals surface area (Å²) in [4.78, 5) is 12.5. The Labute approximate surface area is 165 Å². The molecule has 1 aromatic heterocycles. The van der Waals surface area contributed by atoms with Gasteiger partial charge in [0.2, 0.25) is 15.9 Å². The summed E-state index contributed by atoms with van der Waals surface area (Å²) in [5.41, 5.74) is 2.13. The highest BCUT2D eigenvalue weighted by atomic mass is 32.2. The van der Waals surface area contributed by atoms with Crippen molar-refractivity contribution in [1.82, 2.24) is 14.1 Å². The molecule has 1 N–H and O–H groups in total. The topological polar surface area (TPSA) is 93.5 Å². The van der Waals surface area contributed by atoms with Gasteiger partial charge >= 0.3 is 0 Å². The third kappa shape index (κ3) is 4.36. The fourth-order valence-corrected chi connectivity index (χ4v) is 4.98. The molecule has 0 aliphatic carbocycles.